The molecule has 0 spiro atoms. The monoisotopic (exact) mass is 376 g/mol. The molecule has 0 unspecified atom stereocenters. The van der Waals surface area contributed by atoms with E-state index in [0.29, 0.717) is 16.8 Å². The van der Waals surface area contributed by atoms with Crippen LogP contribution in [0.15, 0.2) is 46.9 Å². The molecule has 5 nitrogen and oxygen atoms in total. The van der Waals surface area contributed by atoms with Crippen molar-refractivity contribution in [3.05, 3.63) is 52.8 Å². The fraction of sp³-hybridized carbons (Fsp3) is 0. The number of nitrogens with zero attached hydrogens (tertiary/aromatic N) is 1. The zero-order valence-corrected chi connectivity index (χ0v) is 13.2. The average molecular weight is 377 g/mol. The molecule has 0 aliphatic carbocycles. The number of carbonyl (C=O) groups is 1. The number of pyridine rings is 1. The zero-order chi connectivity index (χ0) is 16.6. The number of fused-ring (bicyclic) bond motifs is 1. The second kappa shape index (κ2) is 5.85. The third-order valence-electron chi connectivity index (χ3n) is 3.24. The Kier molecular flexibility index (Phi) is 3.87. The highest BCUT2D eigenvalue weighted by Crippen LogP contribution is 2.38. The summed E-state index contributed by atoms with van der Waals surface area (Å²) in [5.74, 6) is -0.662. The van der Waals surface area contributed by atoms with Crippen LogP contribution in [0.1, 0.15) is 0 Å². The molecule has 0 atom stereocenters. The molecule has 0 fully saturated rings. The van der Waals surface area contributed by atoms with Crippen LogP contribution < -0.4 is 10.5 Å². The number of anilines is 1. The third-order valence-corrected chi connectivity index (χ3v) is 3.77. The first-order valence-corrected chi connectivity index (χ1v) is 7.30. The van der Waals surface area contributed by atoms with Crippen molar-refractivity contribution < 1.29 is 19.0 Å². The molecule has 3 N–H and O–H groups in total. The largest absolute Gasteiger partial charge is 0.511 e. The Morgan fingerprint density at radius 1 is 1.22 bits per heavy atom. The maximum absolute atomic E-state index is 13.5. The van der Waals surface area contributed by atoms with Crippen LogP contribution in [0.2, 0.25) is 0 Å². The van der Waals surface area contributed by atoms with Crippen LogP contribution >= 0.6 is 15.9 Å². The van der Waals surface area contributed by atoms with Gasteiger partial charge in [0.1, 0.15) is 11.5 Å². The quantitative estimate of drug-likeness (QED) is 0.645. The van der Waals surface area contributed by atoms with E-state index in [1.807, 2.05) is 12.1 Å². The number of ether oxygens (including phenoxy) is 1. The number of nitrogen functional groups attached to an aromatic ring is 1. The van der Waals surface area contributed by atoms with Gasteiger partial charge in [0.25, 0.3) is 0 Å². The summed E-state index contributed by atoms with van der Waals surface area (Å²) in [7, 11) is 0. The first-order valence-electron chi connectivity index (χ1n) is 6.51. The molecule has 0 saturated heterocycles. The SMILES string of the molecule is Nc1c(-c2ccc(Br)cc2)nc2ccc(F)cc2c1OC(=O)O. The molecule has 0 aliphatic rings. The standard InChI is InChI=1S/C16H10BrFN2O3/c17-9-3-1-8(2-4-9)14-13(19)15(23-16(21)22)11-7-10(18)5-6-12(11)20-14/h1-7H,19H2,(H,21,22). The predicted molar refractivity (Wildman–Crippen MR) is 87.9 cm³/mol. The summed E-state index contributed by atoms with van der Waals surface area (Å²) < 4.78 is 19.1. The lowest BCUT2D eigenvalue weighted by molar-refractivity contribution is 0.145. The number of hydrogen-bond donors (Lipinski definition) is 2. The molecule has 7 heteroatoms. The Morgan fingerprint density at radius 3 is 2.57 bits per heavy atom. The Bertz CT molecular complexity index is 913. The maximum Gasteiger partial charge on any atom is 0.511 e. The number of benzene rings is 2. The minimum atomic E-state index is -1.53. The summed E-state index contributed by atoms with van der Waals surface area (Å²) in [6, 6.07) is 11.0. The van der Waals surface area contributed by atoms with Gasteiger partial charge < -0.3 is 15.6 Å². The number of carboxylic acid groups (broad SMARTS) is 1. The van der Waals surface area contributed by atoms with Gasteiger partial charge in [0.05, 0.1) is 11.2 Å². The van der Waals surface area contributed by atoms with Gasteiger partial charge in [-0.1, -0.05) is 28.1 Å². The van der Waals surface area contributed by atoms with Gasteiger partial charge in [-0.25, -0.2) is 14.2 Å². The van der Waals surface area contributed by atoms with E-state index >= 15 is 0 Å². The van der Waals surface area contributed by atoms with Crippen LogP contribution in [0.5, 0.6) is 5.75 Å². The number of nitrogens with two attached hydrogens (primary N) is 1. The lowest BCUT2D eigenvalue weighted by Gasteiger charge is -2.13. The van der Waals surface area contributed by atoms with Gasteiger partial charge in [0, 0.05) is 15.4 Å². The van der Waals surface area contributed by atoms with Crippen LogP contribution in [0.4, 0.5) is 14.9 Å². The zero-order valence-electron chi connectivity index (χ0n) is 11.6. The van der Waals surface area contributed by atoms with Crippen molar-refractivity contribution in [2.24, 2.45) is 0 Å². The van der Waals surface area contributed by atoms with Crippen molar-refractivity contribution in [1.82, 2.24) is 4.98 Å². The molecule has 3 aromatic rings. The van der Waals surface area contributed by atoms with E-state index in [0.717, 1.165) is 10.5 Å². The minimum absolute atomic E-state index is 0.0350. The van der Waals surface area contributed by atoms with E-state index in [1.165, 1.54) is 12.1 Å². The van der Waals surface area contributed by atoms with Gasteiger partial charge in [-0.3, -0.25) is 0 Å². The van der Waals surface area contributed by atoms with Gasteiger partial charge in [0.15, 0.2) is 5.75 Å². The lowest BCUT2D eigenvalue weighted by Crippen LogP contribution is -2.08. The van der Waals surface area contributed by atoms with Crippen LogP contribution in [-0.2, 0) is 0 Å². The molecule has 0 radical (unpaired) electrons. The lowest BCUT2D eigenvalue weighted by atomic mass is 10.1. The number of rotatable bonds is 2. The van der Waals surface area contributed by atoms with E-state index in [1.54, 1.807) is 12.1 Å². The molecule has 0 bridgehead atoms. The Hall–Kier alpha value is -2.67. The van der Waals surface area contributed by atoms with Crippen molar-refractivity contribution in [2.45, 2.75) is 0 Å². The van der Waals surface area contributed by atoms with Crippen molar-refractivity contribution in [2.75, 3.05) is 5.73 Å². The average Bonchev–Trinajstić information content (AvgIpc) is 2.51. The molecule has 3 rings (SSSR count). The second-order valence-corrected chi connectivity index (χ2v) is 5.66. The van der Waals surface area contributed by atoms with Crippen molar-refractivity contribution in [1.29, 1.82) is 0 Å². The molecule has 0 aliphatic heterocycles. The molecule has 0 amide bonds. The van der Waals surface area contributed by atoms with E-state index < -0.39 is 12.0 Å². The summed E-state index contributed by atoms with van der Waals surface area (Å²) in [5, 5.41) is 9.12. The van der Waals surface area contributed by atoms with Crippen LogP contribution in [0.25, 0.3) is 22.2 Å². The van der Waals surface area contributed by atoms with Crippen molar-refractivity contribution >= 4 is 38.7 Å². The van der Waals surface area contributed by atoms with Gasteiger partial charge in [0.2, 0.25) is 0 Å². The van der Waals surface area contributed by atoms with Gasteiger partial charge in [-0.2, -0.15) is 0 Å². The fourth-order valence-electron chi connectivity index (χ4n) is 2.25. The fourth-order valence-corrected chi connectivity index (χ4v) is 2.51. The number of hydrogen-bond acceptors (Lipinski definition) is 4. The molecule has 23 heavy (non-hydrogen) atoms. The van der Waals surface area contributed by atoms with Crippen LogP contribution in [0.3, 0.4) is 0 Å². The summed E-state index contributed by atoms with van der Waals surface area (Å²) in [5.41, 5.74) is 7.51. The summed E-state index contributed by atoms with van der Waals surface area (Å²) in [6.45, 7) is 0. The molecule has 1 heterocycles. The molecular weight excluding hydrogens is 367 g/mol. The highest BCUT2D eigenvalue weighted by Gasteiger charge is 2.18. The van der Waals surface area contributed by atoms with Gasteiger partial charge in [-0.05, 0) is 30.3 Å². The van der Waals surface area contributed by atoms with Gasteiger partial charge >= 0.3 is 6.16 Å². The Labute approximate surface area is 138 Å². The van der Waals surface area contributed by atoms with Crippen LogP contribution in [0, 0.1) is 5.82 Å². The Balaban J connectivity index is 2.31. The normalized spacial score (nSPS) is 10.7. The summed E-state index contributed by atoms with van der Waals surface area (Å²) in [4.78, 5) is 15.3. The predicted octanol–water partition coefficient (Wildman–Crippen LogP) is 4.44. The summed E-state index contributed by atoms with van der Waals surface area (Å²) >= 11 is 3.34. The second-order valence-electron chi connectivity index (χ2n) is 4.74. The Morgan fingerprint density at radius 2 is 1.91 bits per heavy atom. The molecule has 1 aromatic heterocycles. The minimum Gasteiger partial charge on any atom is -0.449 e. The highest BCUT2D eigenvalue weighted by atomic mass is 79.9. The molecule has 0 saturated carbocycles. The van der Waals surface area contributed by atoms with E-state index in [2.05, 4.69) is 20.9 Å². The van der Waals surface area contributed by atoms with Crippen molar-refractivity contribution in [3.8, 4) is 17.0 Å². The highest BCUT2D eigenvalue weighted by molar-refractivity contribution is 9.10. The maximum atomic E-state index is 13.5. The first kappa shape index (κ1) is 15.2. The number of halogens is 2. The number of aromatic nitrogens is 1. The van der Waals surface area contributed by atoms with E-state index in [-0.39, 0.29) is 16.8 Å². The third kappa shape index (κ3) is 2.95. The van der Waals surface area contributed by atoms with Gasteiger partial charge in [-0.15, -0.1) is 0 Å². The van der Waals surface area contributed by atoms with E-state index in [9.17, 15) is 9.18 Å². The molecule has 2 aromatic carbocycles. The molecule has 116 valence electrons. The van der Waals surface area contributed by atoms with Crippen LogP contribution in [-0.4, -0.2) is 16.2 Å². The molecular formula is C16H10BrFN2O3. The topological polar surface area (TPSA) is 85.4 Å². The first-order chi connectivity index (χ1) is 11.0. The van der Waals surface area contributed by atoms with E-state index in [4.69, 9.17) is 15.6 Å². The smallest absolute Gasteiger partial charge is 0.449 e. The van der Waals surface area contributed by atoms with Crippen molar-refractivity contribution in [3.63, 3.8) is 0 Å². The summed E-state index contributed by atoms with van der Waals surface area (Å²) in [6.07, 6.45) is -1.53.